The highest BCUT2D eigenvalue weighted by atomic mass is 32.2. The molecule has 0 spiro atoms. The fourth-order valence-electron chi connectivity index (χ4n) is 1.32. The fourth-order valence-corrected chi connectivity index (χ4v) is 2.87. The van der Waals surface area contributed by atoms with E-state index in [1.165, 1.54) is 25.1 Å². The lowest BCUT2D eigenvalue weighted by Crippen LogP contribution is -2.44. The molecule has 0 saturated heterocycles. The van der Waals surface area contributed by atoms with E-state index < -0.39 is 15.6 Å². The van der Waals surface area contributed by atoms with E-state index in [1.54, 1.807) is 13.0 Å². The molecule has 0 heterocycles. The minimum Gasteiger partial charge on any atom is -0.207 e. The Morgan fingerprint density at radius 3 is 2.44 bits per heavy atom. The van der Waals surface area contributed by atoms with E-state index in [9.17, 15) is 8.42 Å². The number of benzene rings is 1. The summed E-state index contributed by atoms with van der Waals surface area (Å²) in [7, 11) is -3.88. The number of rotatable bonds is 4. The van der Waals surface area contributed by atoms with Crippen LogP contribution in [0, 0.1) is 22.7 Å². The quantitative estimate of drug-likeness (QED) is 0.891. The molecule has 1 rings (SSSR count). The van der Waals surface area contributed by atoms with Crippen molar-refractivity contribution in [3.05, 3.63) is 29.8 Å². The minimum atomic E-state index is -3.88. The van der Waals surface area contributed by atoms with Gasteiger partial charge in [-0.3, -0.25) is 0 Å². The Morgan fingerprint density at radius 2 is 1.94 bits per heavy atom. The number of nitrogens with zero attached hydrogens (tertiary/aromatic N) is 2. The smallest absolute Gasteiger partial charge is 0.207 e. The molecule has 5 nitrogen and oxygen atoms in total. The maximum Gasteiger partial charge on any atom is 0.243 e. The zero-order valence-corrected chi connectivity index (χ0v) is 11.0. The van der Waals surface area contributed by atoms with Crippen molar-refractivity contribution in [2.75, 3.05) is 0 Å². The standard InChI is InChI=1S/C12H13N3O2S/c1-3-12(2,9-14)15-18(16,17)11-7-5-4-6-10(11)8-13/h4-7,15H,3H2,1-2H3. The van der Waals surface area contributed by atoms with Gasteiger partial charge in [-0.15, -0.1) is 0 Å². The largest absolute Gasteiger partial charge is 0.243 e. The van der Waals surface area contributed by atoms with Crippen LogP contribution in [-0.4, -0.2) is 14.0 Å². The van der Waals surface area contributed by atoms with Gasteiger partial charge in [-0.05, 0) is 25.5 Å². The molecule has 0 fully saturated rings. The van der Waals surface area contributed by atoms with E-state index >= 15 is 0 Å². The zero-order valence-electron chi connectivity index (χ0n) is 10.1. The van der Waals surface area contributed by atoms with E-state index in [2.05, 4.69) is 4.72 Å². The molecule has 6 heteroatoms. The molecule has 0 aromatic heterocycles. The maximum absolute atomic E-state index is 12.1. The van der Waals surface area contributed by atoms with Gasteiger partial charge >= 0.3 is 0 Å². The summed E-state index contributed by atoms with van der Waals surface area (Å²) in [6.45, 7) is 3.21. The third-order valence-electron chi connectivity index (χ3n) is 2.61. The van der Waals surface area contributed by atoms with Gasteiger partial charge in [-0.25, -0.2) is 8.42 Å². The van der Waals surface area contributed by atoms with Gasteiger partial charge in [0.1, 0.15) is 11.6 Å². The molecular formula is C12H13N3O2S. The number of nitriles is 2. The third kappa shape index (κ3) is 2.86. The molecule has 1 unspecified atom stereocenters. The van der Waals surface area contributed by atoms with Gasteiger partial charge in [-0.1, -0.05) is 19.1 Å². The molecule has 0 aliphatic rings. The third-order valence-corrected chi connectivity index (χ3v) is 4.26. The van der Waals surface area contributed by atoms with E-state index in [0.717, 1.165) is 0 Å². The Morgan fingerprint density at radius 1 is 1.33 bits per heavy atom. The molecule has 18 heavy (non-hydrogen) atoms. The molecule has 1 aromatic carbocycles. The summed E-state index contributed by atoms with van der Waals surface area (Å²) in [6.07, 6.45) is 0.331. The average molecular weight is 263 g/mol. The van der Waals surface area contributed by atoms with Crippen molar-refractivity contribution in [3.8, 4) is 12.1 Å². The van der Waals surface area contributed by atoms with Crippen LogP contribution in [0.15, 0.2) is 29.2 Å². The zero-order chi connectivity index (χ0) is 13.8. The molecule has 0 radical (unpaired) electrons. The van der Waals surface area contributed by atoms with Crippen LogP contribution in [0.5, 0.6) is 0 Å². The maximum atomic E-state index is 12.1. The Labute approximate surface area is 107 Å². The molecule has 1 atom stereocenters. The van der Waals surface area contributed by atoms with Crippen molar-refractivity contribution in [2.24, 2.45) is 0 Å². The summed E-state index contributed by atoms with van der Waals surface area (Å²) in [5.41, 5.74) is -1.12. The Kier molecular flexibility index (Phi) is 4.07. The molecule has 0 saturated carbocycles. The summed E-state index contributed by atoms with van der Waals surface area (Å²) in [5, 5.41) is 17.9. The van der Waals surface area contributed by atoms with Gasteiger partial charge in [0.05, 0.1) is 16.5 Å². The Balaban J connectivity index is 3.25. The van der Waals surface area contributed by atoms with E-state index in [-0.39, 0.29) is 10.5 Å². The van der Waals surface area contributed by atoms with E-state index in [0.29, 0.717) is 6.42 Å². The van der Waals surface area contributed by atoms with E-state index in [4.69, 9.17) is 10.5 Å². The van der Waals surface area contributed by atoms with Crippen LogP contribution < -0.4 is 4.72 Å². The highest BCUT2D eigenvalue weighted by Gasteiger charge is 2.30. The predicted octanol–water partition coefficient (Wildman–Crippen LogP) is 1.53. The first kappa shape index (κ1) is 14.2. The molecule has 1 N–H and O–H groups in total. The normalized spacial score (nSPS) is 14.2. The van der Waals surface area contributed by atoms with Crippen molar-refractivity contribution in [2.45, 2.75) is 30.7 Å². The van der Waals surface area contributed by atoms with E-state index in [1.807, 2.05) is 12.1 Å². The Bertz CT molecular complexity index is 625. The van der Waals surface area contributed by atoms with Crippen LogP contribution in [0.3, 0.4) is 0 Å². The van der Waals surface area contributed by atoms with Crippen LogP contribution in [0.25, 0.3) is 0 Å². The summed E-state index contributed by atoms with van der Waals surface area (Å²) < 4.78 is 26.6. The van der Waals surface area contributed by atoms with Gasteiger partial charge in [-0.2, -0.15) is 15.2 Å². The molecule has 1 aromatic rings. The highest BCUT2D eigenvalue weighted by molar-refractivity contribution is 7.89. The topological polar surface area (TPSA) is 93.8 Å². The monoisotopic (exact) mass is 263 g/mol. The van der Waals surface area contributed by atoms with Crippen LogP contribution in [-0.2, 0) is 10.0 Å². The molecule has 0 amide bonds. The van der Waals surface area contributed by atoms with Gasteiger partial charge in [0, 0.05) is 0 Å². The van der Waals surface area contributed by atoms with Crippen molar-refractivity contribution in [3.63, 3.8) is 0 Å². The fraction of sp³-hybridized carbons (Fsp3) is 0.333. The average Bonchev–Trinajstić information content (AvgIpc) is 2.38. The lowest BCUT2D eigenvalue weighted by molar-refractivity contribution is 0.495. The molecule has 94 valence electrons. The van der Waals surface area contributed by atoms with Gasteiger partial charge in [0.15, 0.2) is 0 Å². The first-order valence-electron chi connectivity index (χ1n) is 5.33. The number of sulfonamides is 1. The summed E-state index contributed by atoms with van der Waals surface area (Å²) >= 11 is 0. The second kappa shape index (κ2) is 5.18. The first-order chi connectivity index (χ1) is 8.38. The number of hydrogen-bond donors (Lipinski definition) is 1. The highest BCUT2D eigenvalue weighted by Crippen LogP contribution is 2.18. The van der Waals surface area contributed by atoms with Crippen molar-refractivity contribution in [1.29, 1.82) is 10.5 Å². The van der Waals surface area contributed by atoms with Gasteiger partial charge < -0.3 is 0 Å². The van der Waals surface area contributed by atoms with Crippen molar-refractivity contribution in [1.82, 2.24) is 4.72 Å². The van der Waals surface area contributed by atoms with Gasteiger partial charge in [0.25, 0.3) is 0 Å². The lowest BCUT2D eigenvalue weighted by Gasteiger charge is -2.21. The second-order valence-corrected chi connectivity index (χ2v) is 5.66. The van der Waals surface area contributed by atoms with Crippen LogP contribution in [0.4, 0.5) is 0 Å². The van der Waals surface area contributed by atoms with Crippen molar-refractivity contribution < 1.29 is 8.42 Å². The Hall–Kier alpha value is -1.89. The van der Waals surface area contributed by atoms with Crippen LogP contribution in [0.2, 0.25) is 0 Å². The molecule has 0 aliphatic heterocycles. The molecule has 0 bridgehead atoms. The number of hydrogen-bond acceptors (Lipinski definition) is 4. The minimum absolute atomic E-state index is 0.0568. The van der Waals surface area contributed by atoms with Crippen molar-refractivity contribution >= 4 is 10.0 Å². The molecule has 0 aliphatic carbocycles. The summed E-state index contributed by atoms with van der Waals surface area (Å²) in [6, 6.07) is 9.62. The number of nitrogens with one attached hydrogen (secondary N) is 1. The van der Waals surface area contributed by atoms with Gasteiger partial charge in [0.2, 0.25) is 10.0 Å². The SMILES string of the molecule is CCC(C)(C#N)NS(=O)(=O)c1ccccc1C#N. The van der Waals surface area contributed by atoms with Crippen LogP contribution in [0.1, 0.15) is 25.8 Å². The van der Waals surface area contributed by atoms with Crippen LogP contribution >= 0.6 is 0 Å². The molecular weight excluding hydrogens is 250 g/mol. The first-order valence-corrected chi connectivity index (χ1v) is 6.81. The second-order valence-electron chi connectivity index (χ2n) is 4.01. The lowest BCUT2D eigenvalue weighted by atomic mass is 10.0. The predicted molar refractivity (Wildman–Crippen MR) is 65.8 cm³/mol. The summed E-state index contributed by atoms with van der Waals surface area (Å²) in [5.74, 6) is 0. The summed E-state index contributed by atoms with van der Waals surface area (Å²) in [4.78, 5) is -0.109.